The average Bonchev–Trinajstić information content (AvgIpc) is 2.04. The van der Waals surface area contributed by atoms with Gasteiger partial charge in [-0.15, -0.1) is 0 Å². The molecule has 1 atom stereocenters. The summed E-state index contributed by atoms with van der Waals surface area (Å²) in [6.07, 6.45) is -0.895. The van der Waals surface area contributed by atoms with Crippen molar-refractivity contribution in [2.45, 2.75) is 3.07 Å². The Morgan fingerprint density at radius 1 is 1.46 bits per heavy atom. The summed E-state index contributed by atoms with van der Waals surface area (Å²) >= 11 is 7.72. The molecule has 1 rings (SSSR count). The highest BCUT2D eigenvalue weighted by Crippen LogP contribution is 2.37. The van der Waals surface area contributed by atoms with Gasteiger partial charge in [-0.2, -0.15) is 0 Å². The molecule has 3 nitrogen and oxygen atoms in total. The monoisotopic (exact) mass is 311 g/mol. The van der Waals surface area contributed by atoms with Crippen molar-refractivity contribution in [2.75, 3.05) is 0 Å². The third kappa shape index (κ3) is 3.04. The first-order valence-electron chi connectivity index (χ1n) is 3.44. The molecule has 0 aromatic heterocycles. The average molecular weight is 312 g/mol. The van der Waals surface area contributed by atoms with E-state index in [1.807, 2.05) is 6.07 Å². The van der Waals surface area contributed by atoms with Gasteiger partial charge in [-0.05, 0) is 22.6 Å². The molecule has 2 N–H and O–H groups in total. The Morgan fingerprint density at radius 3 is 2.46 bits per heavy atom. The van der Waals surface area contributed by atoms with Crippen LogP contribution in [0.2, 0.25) is 0 Å². The van der Waals surface area contributed by atoms with Gasteiger partial charge >= 0.3 is 6.09 Å². The van der Waals surface area contributed by atoms with Crippen LogP contribution in [0.25, 0.3) is 0 Å². The maximum Gasteiger partial charge on any atom is 0.407 e. The maximum atomic E-state index is 10.5. The predicted octanol–water partition coefficient (Wildman–Crippen LogP) is 2.57. The van der Waals surface area contributed by atoms with Gasteiger partial charge in [0.05, 0.1) is 0 Å². The molecule has 1 unspecified atom stereocenters. The second-order valence-electron chi connectivity index (χ2n) is 2.30. The van der Waals surface area contributed by atoms with Crippen LogP contribution in [-0.4, -0.2) is 6.09 Å². The van der Waals surface area contributed by atoms with Gasteiger partial charge in [-0.25, -0.2) is 4.79 Å². The van der Waals surface area contributed by atoms with E-state index in [0.717, 1.165) is 0 Å². The number of hydrogen-bond acceptors (Lipinski definition) is 2. The SMILES string of the molecule is NC(=O)OC(Cl)(I)c1ccccc1. The van der Waals surface area contributed by atoms with E-state index in [-0.39, 0.29) is 0 Å². The fraction of sp³-hybridized carbons (Fsp3) is 0.125. The van der Waals surface area contributed by atoms with E-state index in [1.54, 1.807) is 46.9 Å². The molecule has 13 heavy (non-hydrogen) atoms. The topological polar surface area (TPSA) is 52.3 Å². The summed E-state index contributed by atoms with van der Waals surface area (Å²) in [7, 11) is 0. The Hall–Kier alpha value is -0.490. The Labute approximate surface area is 94.3 Å². The van der Waals surface area contributed by atoms with Gasteiger partial charge in [-0.3, -0.25) is 0 Å². The van der Waals surface area contributed by atoms with Crippen molar-refractivity contribution in [2.24, 2.45) is 5.73 Å². The Kier molecular flexibility index (Phi) is 3.38. The molecular weight excluding hydrogens is 304 g/mol. The lowest BCUT2D eigenvalue weighted by atomic mass is 10.2. The van der Waals surface area contributed by atoms with Crippen molar-refractivity contribution in [1.29, 1.82) is 0 Å². The number of halogens is 2. The van der Waals surface area contributed by atoms with E-state index >= 15 is 0 Å². The fourth-order valence-electron chi connectivity index (χ4n) is 0.817. The van der Waals surface area contributed by atoms with Crippen molar-refractivity contribution < 1.29 is 9.53 Å². The summed E-state index contributed by atoms with van der Waals surface area (Å²) in [6.45, 7) is 0. The predicted molar refractivity (Wildman–Crippen MR) is 58.7 cm³/mol. The van der Waals surface area contributed by atoms with Gasteiger partial charge in [0.25, 0.3) is 3.07 Å². The van der Waals surface area contributed by atoms with E-state index < -0.39 is 9.16 Å². The van der Waals surface area contributed by atoms with E-state index in [0.29, 0.717) is 5.56 Å². The molecule has 70 valence electrons. The summed E-state index contributed by atoms with van der Waals surface area (Å²) < 4.78 is 3.50. The zero-order valence-electron chi connectivity index (χ0n) is 6.54. The first-order valence-corrected chi connectivity index (χ1v) is 4.90. The number of amides is 1. The van der Waals surface area contributed by atoms with E-state index in [4.69, 9.17) is 22.1 Å². The standard InChI is InChI=1S/C8H7ClINO2/c9-8(10,13-7(11)12)6-4-2-1-3-5-6/h1-5H,(H2,11,12). The number of alkyl halides is 2. The second-order valence-corrected chi connectivity index (χ2v) is 4.99. The molecule has 0 radical (unpaired) electrons. The lowest BCUT2D eigenvalue weighted by Gasteiger charge is -2.19. The highest BCUT2D eigenvalue weighted by molar-refractivity contribution is 14.1. The largest absolute Gasteiger partial charge is 0.413 e. The molecule has 0 heterocycles. The normalized spacial score (nSPS) is 14.6. The number of benzene rings is 1. The molecule has 0 fully saturated rings. The van der Waals surface area contributed by atoms with Gasteiger partial charge in [-0.1, -0.05) is 41.9 Å². The molecule has 5 heteroatoms. The van der Waals surface area contributed by atoms with Crippen LogP contribution >= 0.6 is 34.2 Å². The molecule has 0 aliphatic heterocycles. The summed E-state index contributed by atoms with van der Waals surface area (Å²) in [5.74, 6) is 0. The first-order chi connectivity index (χ1) is 6.02. The third-order valence-electron chi connectivity index (χ3n) is 1.34. The number of carbonyl (C=O) groups excluding carboxylic acids is 1. The Balaban J connectivity index is 2.87. The number of ether oxygens (including phenoxy) is 1. The molecular formula is C8H7ClINO2. The lowest BCUT2D eigenvalue weighted by molar-refractivity contribution is 0.136. The highest BCUT2D eigenvalue weighted by atomic mass is 127. The molecule has 1 aromatic carbocycles. The molecule has 0 saturated heterocycles. The van der Waals surface area contributed by atoms with Gasteiger partial charge < -0.3 is 10.5 Å². The zero-order chi connectivity index (χ0) is 9.90. The fourth-order valence-corrected chi connectivity index (χ4v) is 1.60. The van der Waals surface area contributed by atoms with Crippen LogP contribution in [0.15, 0.2) is 30.3 Å². The minimum absolute atomic E-state index is 0.677. The van der Waals surface area contributed by atoms with Crippen LogP contribution in [-0.2, 0) is 7.80 Å². The minimum Gasteiger partial charge on any atom is -0.413 e. The maximum absolute atomic E-state index is 10.5. The quantitative estimate of drug-likeness (QED) is 0.674. The van der Waals surface area contributed by atoms with Crippen LogP contribution in [0.1, 0.15) is 5.56 Å². The summed E-state index contributed by atoms with van der Waals surface area (Å²) in [4.78, 5) is 10.5. The summed E-state index contributed by atoms with van der Waals surface area (Å²) in [5.41, 5.74) is 5.54. The van der Waals surface area contributed by atoms with Gasteiger partial charge in [0.15, 0.2) is 0 Å². The molecule has 0 saturated carbocycles. The number of carbonyl (C=O) groups is 1. The lowest BCUT2D eigenvalue weighted by Crippen LogP contribution is -2.23. The van der Waals surface area contributed by atoms with Crippen molar-refractivity contribution in [1.82, 2.24) is 0 Å². The number of primary amides is 1. The van der Waals surface area contributed by atoms with E-state index in [9.17, 15) is 4.79 Å². The highest BCUT2D eigenvalue weighted by Gasteiger charge is 2.29. The van der Waals surface area contributed by atoms with Crippen LogP contribution in [0.5, 0.6) is 0 Å². The minimum atomic E-state index is -1.22. The van der Waals surface area contributed by atoms with E-state index in [2.05, 4.69) is 0 Å². The Morgan fingerprint density at radius 2 is 2.00 bits per heavy atom. The molecule has 0 aliphatic carbocycles. The van der Waals surface area contributed by atoms with Gasteiger partial charge in [0.2, 0.25) is 0 Å². The van der Waals surface area contributed by atoms with Crippen LogP contribution in [0.4, 0.5) is 4.79 Å². The van der Waals surface area contributed by atoms with Gasteiger partial charge in [0, 0.05) is 5.56 Å². The summed E-state index contributed by atoms with van der Waals surface area (Å²) in [5, 5.41) is 0. The smallest absolute Gasteiger partial charge is 0.407 e. The number of nitrogens with two attached hydrogens (primary N) is 1. The second kappa shape index (κ2) is 4.15. The van der Waals surface area contributed by atoms with Crippen LogP contribution < -0.4 is 5.73 Å². The zero-order valence-corrected chi connectivity index (χ0v) is 9.45. The van der Waals surface area contributed by atoms with Crippen LogP contribution in [0.3, 0.4) is 0 Å². The molecule has 0 spiro atoms. The molecule has 0 bridgehead atoms. The molecule has 1 amide bonds. The Bertz CT molecular complexity index is 302. The molecule has 1 aromatic rings. The van der Waals surface area contributed by atoms with Gasteiger partial charge in [0.1, 0.15) is 0 Å². The third-order valence-corrected chi connectivity index (χ3v) is 2.48. The van der Waals surface area contributed by atoms with Crippen molar-refractivity contribution in [3.05, 3.63) is 35.9 Å². The van der Waals surface area contributed by atoms with Crippen LogP contribution in [0, 0.1) is 0 Å². The number of rotatable bonds is 2. The van der Waals surface area contributed by atoms with E-state index in [1.165, 1.54) is 0 Å². The first kappa shape index (κ1) is 10.6. The molecule has 0 aliphatic rings. The number of hydrogen-bond donors (Lipinski definition) is 1. The summed E-state index contributed by atoms with van der Waals surface area (Å²) in [6, 6.07) is 8.95. The van der Waals surface area contributed by atoms with Crippen molar-refractivity contribution in [3.8, 4) is 0 Å². The van der Waals surface area contributed by atoms with Crippen molar-refractivity contribution >= 4 is 40.3 Å². The van der Waals surface area contributed by atoms with Crippen molar-refractivity contribution in [3.63, 3.8) is 0 Å².